The van der Waals surface area contributed by atoms with Crippen molar-refractivity contribution in [2.24, 2.45) is 23.7 Å². The Morgan fingerprint density at radius 2 is 1.57 bits per heavy atom. The molecule has 0 amide bonds. The average Bonchev–Trinajstić information content (AvgIpc) is 2.76. The molecule has 0 aromatic heterocycles. The normalized spacial score (nSPS) is 28.3. The summed E-state index contributed by atoms with van der Waals surface area (Å²) in [5, 5.41) is 8.90. The lowest BCUT2D eigenvalue weighted by atomic mass is 9.68. The SMILES string of the molecule is N#Cc1ccc(CC[C@H]2CC[C@H]([C@H]3CC[C@H](C=CCCCF)CC3)CC2)cc1. The van der Waals surface area contributed by atoms with E-state index in [2.05, 4.69) is 30.4 Å². The summed E-state index contributed by atoms with van der Waals surface area (Å²) in [6.45, 7) is -0.187. The second kappa shape index (κ2) is 11.4. The second-order valence-corrected chi connectivity index (χ2v) is 9.06. The molecule has 0 heterocycles. The molecule has 1 aromatic rings. The Kier molecular flexibility index (Phi) is 8.59. The molecule has 152 valence electrons. The summed E-state index contributed by atoms with van der Waals surface area (Å²) in [6, 6.07) is 10.3. The number of nitriles is 1. The Morgan fingerprint density at radius 3 is 2.18 bits per heavy atom. The average molecular weight is 382 g/mol. The monoisotopic (exact) mass is 381 g/mol. The Hall–Kier alpha value is -1.62. The molecule has 0 radical (unpaired) electrons. The maximum absolute atomic E-state index is 12.2. The molecule has 28 heavy (non-hydrogen) atoms. The topological polar surface area (TPSA) is 23.8 Å². The van der Waals surface area contributed by atoms with E-state index in [1.54, 1.807) is 0 Å². The highest BCUT2D eigenvalue weighted by Gasteiger charge is 2.30. The van der Waals surface area contributed by atoms with Crippen LogP contribution in [0.3, 0.4) is 0 Å². The van der Waals surface area contributed by atoms with Gasteiger partial charge in [-0.2, -0.15) is 5.26 Å². The Labute approximate surface area is 171 Å². The van der Waals surface area contributed by atoms with Crippen molar-refractivity contribution < 1.29 is 4.39 Å². The number of aryl methyl sites for hydroxylation is 1. The van der Waals surface area contributed by atoms with Crippen molar-refractivity contribution in [2.45, 2.75) is 77.0 Å². The second-order valence-electron chi connectivity index (χ2n) is 9.06. The van der Waals surface area contributed by atoms with E-state index < -0.39 is 0 Å². The number of hydrogen-bond donors (Lipinski definition) is 0. The molecule has 2 saturated carbocycles. The van der Waals surface area contributed by atoms with Gasteiger partial charge in [-0.3, -0.25) is 4.39 Å². The highest BCUT2D eigenvalue weighted by Crippen LogP contribution is 2.42. The van der Waals surface area contributed by atoms with E-state index in [4.69, 9.17) is 5.26 Å². The first-order valence-electron chi connectivity index (χ1n) is 11.5. The summed E-state index contributed by atoms with van der Waals surface area (Å²) >= 11 is 0. The lowest BCUT2D eigenvalue weighted by molar-refractivity contribution is 0.152. The molecule has 0 bridgehead atoms. The van der Waals surface area contributed by atoms with Crippen molar-refractivity contribution in [2.75, 3.05) is 6.67 Å². The van der Waals surface area contributed by atoms with Crippen LogP contribution in [0.5, 0.6) is 0 Å². The number of hydrogen-bond acceptors (Lipinski definition) is 1. The van der Waals surface area contributed by atoms with Gasteiger partial charge in [0.05, 0.1) is 18.3 Å². The van der Waals surface area contributed by atoms with E-state index in [0.717, 1.165) is 42.1 Å². The molecule has 2 aliphatic carbocycles. The van der Waals surface area contributed by atoms with Crippen LogP contribution in [0.4, 0.5) is 4.39 Å². The Morgan fingerprint density at radius 1 is 0.929 bits per heavy atom. The molecule has 3 rings (SSSR count). The minimum absolute atomic E-state index is 0.187. The molecule has 1 nitrogen and oxygen atoms in total. The molecular weight excluding hydrogens is 345 g/mol. The summed E-state index contributed by atoms with van der Waals surface area (Å²) < 4.78 is 12.2. The van der Waals surface area contributed by atoms with Gasteiger partial charge in [-0.05, 0) is 106 Å². The van der Waals surface area contributed by atoms with Crippen LogP contribution in [-0.4, -0.2) is 6.67 Å². The van der Waals surface area contributed by atoms with E-state index in [9.17, 15) is 4.39 Å². The van der Waals surface area contributed by atoms with Crippen molar-refractivity contribution in [3.63, 3.8) is 0 Å². The number of rotatable bonds is 8. The molecule has 0 N–H and O–H groups in total. The van der Waals surface area contributed by atoms with Gasteiger partial charge in [0.25, 0.3) is 0 Å². The van der Waals surface area contributed by atoms with Crippen LogP contribution in [0.2, 0.25) is 0 Å². The fourth-order valence-electron chi connectivity index (χ4n) is 5.36. The molecule has 0 unspecified atom stereocenters. The van der Waals surface area contributed by atoms with E-state index in [1.807, 2.05) is 12.1 Å². The first kappa shape index (κ1) is 21.1. The van der Waals surface area contributed by atoms with Gasteiger partial charge in [0, 0.05) is 0 Å². The number of allylic oxidation sites excluding steroid dienone is 2. The standard InChI is InChI=1S/C26H36FN/c27-19-3-1-2-4-21-11-15-25(16-12-21)26-17-13-23(14-18-26)6-5-22-7-9-24(20-28)10-8-22/h2,4,7-10,21,23,25-26H,1,3,5-6,11-19H2/t21-,23-,25-,26-. The first-order chi connectivity index (χ1) is 13.8. The van der Waals surface area contributed by atoms with Crippen LogP contribution in [-0.2, 0) is 6.42 Å². The zero-order valence-electron chi connectivity index (χ0n) is 17.3. The van der Waals surface area contributed by atoms with Crippen LogP contribution in [0.15, 0.2) is 36.4 Å². The highest BCUT2D eigenvalue weighted by molar-refractivity contribution is 5.31. The first-order valence-corrected chi connectivity index (χ1v) is 11.5. The highest BCUT2D eigenvalue weighted by atomic mass is 19.1. The van der Waals surface area contributed by atoms with E-state index in [1.165, 1.54) is 63.4 Å². The summed E-state index contributed by atoms with van der Waals surface area (Å²) in [5.74, 6) is 3.55. The van der Waals surface area contributed by atoms with Crippen molar-refractivity contribution in [1.29, 1.82) is 5.26 Å². The van der Waals surface area contributed by atoms with Crippen LogP contribution >= 0.6 is 0 Å². The molecule has 1 aromatic carbocycles. The largest absolute Gasteiger partial charge is 0.251 e. The van der Waals surface area contributed by atoms with Gasteiger partial charge in [-0.25, -0.2) is 0 Å². The fraction of sp³-hybridized carbons (Fsp3) is 0.654. The Balaban J connectivity index is 1.33. The summed E-state index contributed by atoms with van der Waals surface area (Å²) in [7, 11) is 0. The maximum Gasteiger partial charge on any atom is 0.0991 e. The van der Waals surface area contributed by atoms with E-state index >= 15 is 0 Å². The number of benzene rings is 1. The smallest absolute Gasteiger partial charge is 0.0991 e. The number of halogens is 1. The maximum atomic E-state index is 12.2. The quantitative estimate of drug-likeness (QED) is 0.340. The van der Waals surface area contributed by atoms with Crippen molar-refractivity contribution in [3.05, 3.63) is 47.5 Å². The number of alkyl halides is 1. The van der Waals surface area contributed by atoms with Crippen LogP contribution in [0.1, 0.15) is 81.8 Å². The van der Waals surface area contributed by atoms with Gasteiger partial charge in [-0.15, -0.1) is 0 Å². The van der Waals surface area contributed by atoms with E-state index in [0.29, 0.717) is 6.42 Å². The Bertz CT molecular complexity index is 625. The molecule has 0 atom stereocenters. The van der Waals surface area contributed by atoms with Gasteiger partial charge in [0.2, 0.25) is 0 Å². The van der Waals surface area contributed by atoms with Gasteiger partial charge in [-0.1, -0.05) is 37.1 Å². The molecule has 0 aliphatic heterocycles. The zero-order valence-corrected chi connectivity index (χ0v) is 17.3. The van der Waals surface area contributed by atoms with E-state index in [-0.39, 0.29) is 6.67 Å². The number of unbranched alkanes of at least 4 members (excludes halogenated alkanes) is 1. The van der Waals surface area contributed by atoms with Crippen LogP contribution in [0.25, 0.3) is 0 Å². The van der Waals surface area contributed by atoms with Crippen LogP contribution in [0, 0.1) is 35.0 Å². The molecule has 0 spiro atoms. The summed E-state index contributed by atoms with van der Waals surface area (Å²) in [4.78, 5) is 0. The molecular formula is C26H36FN. The van der Waals surface area contributed by atoms with Crippen molar-refractivity contribution in [1.82, 2.24) is 0 Å². The van der Waals surface area contributed by atoms with Gasteiger partial charge < -0.3 is 0 Å². The van der Waals surface area contributed by atoms with Gasteiger partial charge in [0.1, 0.15) is 0 Å². The number of nitrogens with zero attached hydrogens (tertiary/aromatic N) is 1. The fourth-order valence-corrected chi connectivity index (χ4v) is 5.36. The molecule has 2 fully saturated rings. The molecule has 2 heteroatoms. The van der Waals surface area contributed by atoms with Crippen molar-refractivity contribution >= 4 is 0 Å². The third-order valence-electron chi connectivity index (χ3n) is 7.21. The molecule has 0 saturated heterocycles. The summed E-state index contributed by atoms with van der Waals surface area (Å²) in [5.41, 5.74) is 2.13. The lowest BCUT2D eigenvalue weighted by Crippen LogP contribution is -2.25. The minimum atomic E-state index is -0.187. The van der Waals surface area contributed by atoms with Crippen LogP contribution < -0.4 is 0 Å². The third-order valence-corrected chi connectivity index (χ3v) is 7.21. The summed E-state index contributed by atoms with van der Waals surface area (Å²) in [6.07, 6.45) is 19.8. The lowest BCUT2D eigenvalue weighted by Gasteiger charge is -2.37. The molecule has 2 aliphatic rings. The van der Waals surface area contributed by atoms with Gasteiger partial charge in [0.15, 0.2) is 0 Å². The zero-order chi connectivity index (χ0) is 19.6. The predicted molar refractivity (Wildman–Crippen MR) is 115 cm³/mol. The van der Waals surface area contributed by atoms with Gasteiger partial charge >= 0.3 is 0 Å². The van der Waals surface area contributed by atoms with Crippen molar-refractivity contribution in [3.8, 4) is 6.07 Å². The third kappa shape index (κ3) is 6.47. The predicted octanol–water partition coefficient (Wildman–Crippen LogP) is 7.41. The minimum Gasteiger partial charge on any atom is -0.251 e.